The Bertz CT molecular complexity index is 739. The number of hydrogen-bond acceptors (Lipinski definition) is 3. The third-order valence-electron chi connectivity index (χ3n) is 2.99. The highest BCUT2D eigenvalue weighted by Crippen LogP contribution is 2.25. The highest BCUT2D eigenvalue weighted by molar-refractivity contribution is 6.02. The number of para-hydroxylation sites is 1. The van der Waals surface area contributed by atoms with Crippen molar-refractivity contribution in [2.24, 2.45) is 7.05 Å². The predicted octanol–water partition coefficient (Wildman–Crippen LogP) is 1.77. The fourth-order valence-corrected chi connectivity index (χ4v) is 2.09. The van der Waals surface area contributed by atoms with Gasteiger partial charge >= 0.3 is 0 Å². The summed E-state index contributed by atoms with van der Waals surface area (Å²) in [4.78, 5) is 24.5. The van der Waals surface area contributed by atoms with Crippen LogP contribution in [0, 0.1) is 0 Å². The number of carbonyl (C=O) groups excluding carboxylic acids is 1. The van der Waals surface area contributed by atoms with Gasteiger partial charge in [0.15, 0.2) is 0 Å². The number of aryl methyl sites for hydroxylation is 1. The molecule has 1 heterocycles. The first kappa shape index (κ1) is 14.1. The topological polar surface area (TPSA) is 71.3 Å². The second-order valence-corrected chi connectivity index (χ2v) is 5.81. The summed E-state index contributed by atoms with van der Waals surface area (Å²) in [5.74, 6) is -0.841. The molecular weight excluding hydrogens is 256 g/mol. The number of aromatic hydroxyl groups is 1. The fourth-order valence-electron chi connectivity index (χ4n) is 2.09. The number of hydrogen-bond donors (Lipinski definition) is 2. The predicted molar refractivity (Wildman–Crippen MR) is 78.1 cm³/mol. The van der Waals surface area contributed by atoms with Gasteiger partial charge in [0, 0.05) is 18.0 Å². The van der Waals surface area contributed by atoms with E-state index in [1.807, 2.05) is 20.8 Å². The van der Waals surface area contributed by atoms with Gasteiger partial charge in [-0.15, -0.1) is 0 Å². The number of pyridine rings is 1. The molecule has 0 aliphatic rings. The maximum absolute atomic E-state index is 12.3. The molecule has 0 unspecified atom stereocenters. The Hall–Kier alpha value is -2.30. The number of aromatic nitrogens is 1. The van der Waals surface area contributed by atoms with Crippen LogP contribution in [0.5, 0.6) is 5.75 Å². The number of amides is 1. The largest absolute Gasteiger partial charge is 0.506 e. The molecule has 0 atom stereocenters. The molecule has 0 radical (unpaired) electrons. The molecule has 2 rings (SSSR count). The molecule has 0 spiro atoms. The van der Waals surface area contributed by atoms with E-state index in [4.69, 9.17) is 0 Å². The van der Waals surface area contributed by atoms with Crippen LogP contribution < -0.4 is 10.9 Å². The van der Waals surface area contributed by atoms with E-state index in [1.165, 1.54) is 4.57 Å². The van der Waals surface area contributed by atoms with Crippen molar-refractivity contribution in [2.45, 2.75) is 26.3 Å². The molecule has 5 nitrogen and oxygen atoms in total. The molecule has 1 aromatic heterocycles. The minimum Gasteiger partial charge on any atom is -0.506 e. The zero-order valence-corrected chi connectivity index (χ0v) is 12.0. The standard InChI is InChI=1S/C15H18N2O3/c1-15(2,3)16-13(19)11-12(18)9-7-5-6-8-10(9)17(4)14(11)20/h5-8,18H,1-4H3,(H,16,19). The second kappa shape index (κ2) is 4.67. The molecule has 2 aromatic rings. The third kappa shape index (κ3) is 2.39. The van der Waals surface area contributed by atoms with Crippen LogP contribution >= 0.6 is 0 Å². The van der Waals surface area contributed by atoms with Gasteiger partial charge in [0.25, 0.3) is 11.5 Å². The number of carbonyl (C=O) groups is 1. The summed E-state index contributed by atoms with van der Waals surface area (Å²) < 4.78 is 1.37. The molecule has 1 aromatic carbocycles. The van der Waals surface area contributed by atoms with Gasteiger partial charge in [-0.05, 0) is 32.9 Å². The smallest absolute Gasteiger partial charge is 0.267 e. The fraction of sp³-hybridized carbons (Fsp3) is 0.333. The van der Waals surface area contributed by atoms with Gasteiger partial charge in [0.2, 0.25) is 0 Å². The first-order chi connectivity index (χ1) is 9.22. The van der Waals surface area contributed by atoms with Gasteiger partial charge in [0.1, 0.15) is 11.3 Å². The second-order valence-electron chi connectivity index (χ2n) is 5.81. The summed E-state index contributed by atoms with van der Waals surface area (Å²) in [7, 11) is 1.58. The van der Waals surface area contributed by atoms with E-state index in [0.29, 0.717) is 10.9 Å². The lowest BCUT2D eigenvalue weighted by atomic mass is 10.1. The van der Waals surface area contributed by atoms with Gasteiger partial charge in [-0.3, -0.25) is 9.59 Å². The average Bonchev–Trinajstić information content (AvgIpc) is 2.34. The van der Waals surface area contributed by atoms with Crippen LogP contribution in [0.15, 0.2) is 29.1 Å². The molecule has 106 valence electrons. The first-order valence-corrected chi connectivity index (χ1v) is 6.35. The van der Waals surface area contributed by atoms with Gasteiger partial charge in [0.05, 0.1) is 5.52 Å². The van der Waals surface area contributed by atoms with Crippen molar-refractivity contribution < 1.29 is 9.90 Å². The molecule has 20 heavy (non-hydrogen) atoms. The lowest BCUT2D eigenvalue weighted by Crippen LogP contribution is -2.43. The summed E-state index contributed by atoms with van der Waals surface area (Å²) in [6.45, 7) is 5.44. The molecule has 5 heteroatoms. The Labute approximate surface area is 116 Å². The van der Waals surface area contributed by atoms with Crippen molar-refractivity contribution in [3.8, 4) is 5.75 Å². The van der Waals surface area contributed by atoms with E-state index in [1.54, 1.807) is 31.3 Å². The highest BCUT2D eigenvalue weighted by atomic mass is 16.3. The van der Waals surface area contributed by atoms with E-state index in [0.717, 1.165) is 0 Å². The lowest BCUT2D eigenvalue weighted by molar-refractivity contribution is 0.0915. The normalized spacial score (nSPS) is 11.6. The van der Waals surface area contributed by atoms with Crippen LogP contribution in [0.2, 0.25) is 0 Å². The molecule has 2 N–H and O–H groups in total. The first-order valence-electron chi connectivity index (χ1n) is 6.35. The average molecular weight is 274 g/mol. The van der Waals surface area contributed by atoms with Gasteiger partial charge in [-0.2, -0.15) is 0 Å². The summed E-state index contributed by atoms with van der Waals surface area (Å²) >= 11 is 0. The summed E-state index contributed by atoms with van der Waals surface area (Å²) in [5.41, 5.74) is -0.633. The molecule has 0 fully saturated rings. The van der Waals surface area contributed by atoms with Crippen molar-refractivity contribution in [2.75, 3.05) is 0 Å². The minimum atomic E-state index is -0.568. The van der Waals surface area contributed by atoms with Gasteiger partial charge < -0.3 is 15.0 Å². The van der Waals surface area contributed by atoms with E-state index >= 15 is 0 Å². The van der Waals surface area contributed by atoms with E-state index in [2.05, 4.69) is 5.32 Å². The van der Waals surface area contributed by atoms with Crippen LogP contribution in [-0.2, 0) is 7.05 Å². The number of rotatable bonds is 1. The van der Waals surface area contributed by atoms with Crippen molar-refractivity contribution in [1.29, 1.82) is 0 Å². The molecule has 0 aliphatic heterocycles. The molecule has 0 saturated carbocycles. The van der Waals surface area contributed by atoms with E-state index in [-0.39, 0.29) is 11.3 Å². The number of nitrogens with zero attached hydrogens (tertiary/aromatic N) is 1. The Kier molecular flexibility index (Phi) is 3.29. The highest BCUT2D eigenvalue weighted by Gasteiger charge is 2.24. The summed E-state index contributed by atoms with van der Waals surface area (Å²) in [6.07, 6.45) is 0. The molecule has 0 saturated heterocycles. The van der Waals surface area contributed by atoms with Crippen molar-refractivity contribution in [3.63, 3.8) is 0 Å². The van der Waals surface area contributed by atoms with Gasteiger partial charge in [-0.25, -0.2) is 0 Å². The zero-order valence-electron chi connectivity index (χ0n) is 12.0. The Morgan fingerprint density at radius 1 is 1.25 bits per heavy atom. The van der Waals surface area contributed by atoms with Crippen LogP contribution in [0.1, 0.15) is 31.1 Å². The SMILES string of the molecule is Cn1c(=O)c(C(=O)NC(C)(C)C)c(O)c2ccccc21. The lowest BCUT2D eigenvalue weighted by Gasteiger charge is -2.21. The number of benzene rings is 1. The Morgan fingerprint density at radius 3 is 2.45 bits per heavy atom. The van der Waals surface area contributed by atoms with Crippen LogP contribution in [0.4, 0.5) is 0 Å². The van der Waals surface area contributed by atoms with Crippen molar-refractivity contribution in [3.05, 3.63) is 40.2 Å². The molecule has 0 bridgehead atoms. The van der Waals surface area contributed by atoms with E-state index < -0.39 is 17.0 Å². The Balaban J connectivity index is 2.72. The minimum absolute atomic E-state index is 0.221. The Morgan fingerprint density at radius 2 is 1.85 bits per heavy atom. The number of fused-ring (bicyclic) bond motifs is 1. The van der Waals surface area contributed by atoms with Crippen LogP contribution in [0.25, 0.3) is 10.9 Å². The molecule has 1 amide bonds. The monoisotopic (exact) mass is 274 g/mol. The van der Waals surface area contributed by atoms with Crippen LogP contribution in [-0.4, -0.2) is 21.1 Å². The van der Waals surface area contributed by atoms with Crippen molar-refractivity contribution >= 4 is 16.8 Å². The maximum Gasteiger partial charge on any atom is 0.267 e. The zero-order chi connectivity index (χ0) is 15.1. The quantitative estimate of drug-likeness (QED) is 0.832. The van der Waals surface area contributed by atoms with Crippen molar-refractivity contribution in [1.82, 2.24) is 9.88 Å². The summed E-state index contributed by atoms with van der Waals surface area (Å²) in [6, 6.07) is 6.92. The molecule has 0 aliphatic carbocycles. The number of nitrogens with one attached hydrogen (secondary N) is 1. The molecular formula is C15H18N2O3. The van der Waals surface area contributed by atoms with Gasteiger partial charge in [-0.1, -0.05) is 12.1 Å². The summed E-state index contributed by atoms with van der Waals surface area (Å²) in [5, 5.41) is 13.4. The van der Waals surface area contributed by atoms with Crippen LogP contribution in [0.3, 0.4) is 0 Å². The third-order valence-corrected chi connectivity index (χ3v) is 2.99. The maximum atomic E-state index is 12.3. The van der Waals surface area contributed by atoms with E-state index in [9.17, 15) is 14.7 Å².